The summed E-state index contributed by atoms with van der Waals surface area (Å²) in [5.41, 5.74) is 9.63. The molecule has 0 spiro atoms. The lowest BCUT2D eigenvalue weighted by molar-refractivity contribution is 0.100. The summed E-state index contributed by atoms with van der Waals surface area (Å²) in [5, 5.41) is 9.55. The zero-order valence-corrected chi connectivity index (χ0v) is 16.7. The van der Waals surface area contributed by atoms with Gasteiger partial charge in [-0.1, -0.05) is 60.7 Å². The molecule has 1 fully saturated rings. The van der Waals surface area contributed by atoms with Gasteiger partial charge in [-0.25, -0.2) is 0 Å². The van der Waals surface area contributed by atoms with Crippen molar-refractivity contribution in [2.75, 3.05) is 31.1 Å². The van der Waals surface area contributed by atoms with Crippen LogP contribution >= 0.6 is 0 Å². The van der Waals surface area contributed by atoms with Crippen LogP contribution in [0.15, 0.2) is 78.9 Å². The van der Waals surface area contributed by atoms with E-state index in [0.29, 0.717) is 11.1 Å². The topological polar surface area (TPSA) is 73.4 Å². The van der Waals surface area contributed by atoms with E-state index in [4.69, 9.17) is 5.73 Å². The van der Waals surface area contributed by atoms with Crippen molar-refractivity contribution in [3.8, 4) is 6.07 Å². The van der Waals surface area contributed by atoms with E-state index in [0.717, 1.165) is 31.9 Å². The lowest BCUT2D eigenvalue weighted by atomic mass is 9.96. The highest BCUT2D eigenvalue weighted by molar-refractivity contribution is 5.93. The van der Waals surface area contributed by atoms with Gasteiger partial charge in [0, 0.05) is 31.7 Å². The Balaban J connectivity index is 1.56. The Morgan fingerprint density at radius 3 is 1.93 bits per heavy atom. The molecule has 2 N–H and O–H groups in total. The Labute approximate surface area is 177 Å². The maximum absolute atomic E-state index is 11.4. The maximum atomic E-state index is 11.4. The predicted octanol–water partition coefficient (Wildman–Crippen LogP) is 3.57. The fraction of sp³-hybridized carbons (Fsp3) is 0.200. The second kappa shape index (κ2) is 8.81. The third kappa shape index (κ3) is 4.05. The van der Waals surface area contributed by atoms with Gasteiger partial charge in [0.2, 0.25) is 5.91 Å². The molecule has 5 nitrogen and oxygen atoms in total. The molecule has 30 heavy (non-hydrogen) atoms. The maximum Gasteiger partial charge on any atom is 0.248 e. The molecule has 5 heteroatoms. The first-order valence-electron chi connectivity index (χ1n) is 10.1. The molecule has 1 heterocycles. The van der Waals surface area contributed by atoms with E-state index in [1.807, 2.05) is 18.2 Å². The van der Waals surface area contributed by atoms with Gasteiger partial charge < -0.3 is 10.6 Å². The number of nitrogens with two attached hydrogens (primary N) is 1. The van der Waals surface area contributed by atoms with Crippen LogP contribution in [0.4, 0.5) is 5.69 Å². The molecule has 1 saturated heterocycles. The van der Waals surface area contributed by atoms with E-state index >= 15 is 0 Å². The average molecular weight is 396 g/mol. The molecule has 3 aromatic carbocycles. The molecule has 4 rings (SSSR count). The zero-order valence-electron chi connectivity index (χ0n) is 16.7. The molecular formula is C25H24N4O. The summed E-state index contributed by atoms with van der Waals surface area (Å²) in [6.45, 7) is 3.36. The van der Waals surface area contributed by atoms with Crippen LogP contribution in [0.2, 0.25) is 0 Å². The summed E-state index contributed by atoms with van der Waals surface area (Å²) in [6, 6.07) is 28.7. The number of amides is 1. The molecule has 0 unspecified atom stereocenters. The van der Waals surface area contributed by atoms with Crippen LogP contribution in [0, 0.1) is 11.3 Å². The molecule has 1 aliphatic rings. The summed E-state index contributed by atoms with van der Waals surface area (Å²) in [6.07, 6.45) is 0. The number of carbonyl (C=O) groups excluding carboxylic acids is 1. The molecule has 0 aliphatic carbocycles. The molecule has 3 aromatic rings. The monoisotopic (exact) mass is 396 g/mol. The third-order valence-corrected chi connectivity index (χ3v) is 5.65. The Hall–Kier alpha value is -3.62. The Morgan fingerprint density at radius 2 is 1.43 bits per heavy atom. The van der Waals surface area contributed by atoms with Crippen LogP contribution in [0.5, 0.6) is 0 Å². The number of nitriles is 1. The lowest BCUT2D eigenvalue weighted by Crippen LogP contribution is -2.48. The van der Waals surface area contributed by atoms with E-state index in [2.05, 4.69) is 64.4 Å². The number of benzene rings is 3. The van der Waals surface area contributed by atoms with Gasteiger partial charge in [-0.15, -0.1) is 0 Å². The normalized spacial score (nSPS) is 14.5. The van der Waals surface area contributed by atoms with Gasteiger partial charge in [0.05, 0.1) is 17.3 Å². The molecular weight excluding hydrogens is 372 g/mol. The highest BCUT2D eigenvalue weighted by Gasteiger charge is 2.27. The fourth-order valence-corrected chi connectivity index (χ4v) is 4.16. The highest BCUT2D eigenvalue weighted by Crippen LogP contribution is 2.31. The minimum absolute atomic E-state index is 0.197. The number of primary amides is 1. The molecule has 0 atom stereocenters. The minimum atomic E-state index is -0.517. The van der Waals surface area contributed by atoms with Crippen LogP contribution in [0.3, 0.4) is 0 Å². The summed E-state index contributed by atoms with van der Waals surface area (Å²) in [5.74, 6) is -0.517. The van der Waals surface area contributed by atoms with E-state index < -0.39 is 5.91 Å². The number of rotatable bonds is 5. The van der Waals surface area contributed by atoms with Crippen LogP contribution in [0.25, 0.3) is 0 Å². The van der Waals surface area contributed by atoms with Crippen LogP contribution in [0.1, 0.15) is 33.1 Å². The Bertz CT molecular complexity index is 1010. The molecule has 1 amide bonds. The summed E-state index contributed by atoms with van der Waals surface area (Å²) >= 11 is 0. The SMILES string of the molecule is N#Cc1cc(C(N)=O)ccc1N1CCN(C(c2ccccc2)c2ccccc2)CC1. The van der Waals surface area contributed by atoms with E-state index in [1.165, 1.54) is 11.1 Å². The molecule has 0 saturated carbocycles. The lowest BCUT2D eigenvalue weighted by Gasteiger charge is -2.41. The van der Waals surface area contributed by atoms with E-state index in [9.17, 15) is 10.1 Å². The molecule has 150 valence electrons. The van der Waals surface area contributed by atoms with Crippen molar-refractivity contribution in [1.29, 1.82) is 5.26 Å². The van der Waals surface area contributed by atoms with Crippen molar-refractivity contribution < 1.29 is 4.79 Å². The van der Waals surface area contributed by atoms with Crippen molar-refractivity contribution in [3.05, 3.63) is 101 Å². The highest BCUT2D eigenvalue weighted by atomic mass is 16.1. The number of anilines is 1. The number of hydrogen-bond acceptors (Lipinski definition) is 4. The van der Waals surface area contributed by atoms with Gasteiger partial charge in [-0.3, -0.25) is 9.69 Å². The zero-order chi connectivity index (χ0) is 20.9. The Morgan fingerprint density at radius 1 is 0.867 bits per heavy atom. The Kier molecular flexibility index (Phi) is 5.78. The van der Waals surface area contributed by atoms with Gasteiger partial charge in [0.15, 0.2) is 0 Å². The van der Waals surface area contributed by atoms with Crippen molar-refractivity contribution in [1.82, 2.24) is 4.90 Å². The smallest absolute Gasteiger partial charge is 0.248 e. The van der Waals surface area contributed by atoms with Crippen molar-refractivity contribution in [2.45, 2.75) is 6.04 Å². The van der Waals surface area contributed by atoms with Crippen LogP contribution < -0.4 is 10.6 Å². The van der Waals surface area contributed by atoms with Crippen LogP contribution in [-0.4, -0.2) is 37.0 Å². The molecule has 0 bridgehead atoms. The number of carbonyl (C=O) groups is 1. The standard InChI is InChI=1S/C25H24N4O/c26-18-22-17-21(25(27)30)11-12-23(22)28-13-15-29(16-14-28)24(19-7-3-1-4-8-19)20-9-5-2-6-10-20/h1-12,17,24H,13-16H2,(H2,27,30). The van der Waals surface area contributed by atoms with Crippen molar-refractivity contribution in [3.63, 3.8) is 0 Å². The van der Waals surface area contributed by atoms with Gasteiger partial charge in [0.1, 0.15) is 6.07 Å². The number of nitrogens with zero attached hydrogens (tertiary/aromatic N) is 3. The first-order valence-corrected chi connectivity index (χ1v) is 10.1. The third-order valence-electron chi connectivity index (χ3n) is 5.65. The quantitative estimate of drug-likeness (QED) is 0.716. The molecule has 1 aliphatic heterocycles. The minimum Gasteiger partial charge on any atom is -0.368 e. The first kappa shape index (κ1) is 19.7. The van der Waals surface area contributed by atoms with Crippen LogP contribution in [-0.2, 0) is 0 Å². The fourth-order valence-electron chi connectivity index (χ4n) is 4.16. The van der Waals surface area contributed by atoms with E-state index in [-0.39, 0.29) is 6.04 Å². The summed E-state index contributed by atoms with van der Waals surface area (Å²) < 4.78 is 0. The van der Waals surface area contributed by atoms with Gasteiger partial charge in [0.25, 0.3) is 0 Å². The van der Waals surface area contributed by atoms with Gasteiger partial charge in [-0.05, 0) is 29.3 Å². The number of hydrogen-bond donors (Lipinski definition) is 1. The summed E-state index contributed by atoms with van der Waals surface area (Å²) in [4.78, 5) is 16.1. The molecule has 0 radical (unpaired) electrons. The second-order valence-corrected chi connectivity index (χ2v) is 7.45. The molecule has 0 aromatic heterocycles. The second-order valence-electron chi connectivity index (χ2n) is 7.45. The van der Waals surface area contributed by atoms with E-state index in [1.54, 1.807) is 12.1 Å². The van der Waals surface area contributed by atoms with Crippen molar-refractivity contribution in [2.24, 2.45) is 5.73 Å². The van der Waals surface area contributed by atoms with Gasteiger partial charge >= 0.3 is 0 Å². The number of piperazine rings is 1. The summed E-state index contributed by atoms with van der Waals surface area (Å²) in [7, 11) is 0. The predicted molar refractivity (Wildman–Crippen MR) is 118 cm³/mol. The average Bonchev–Trinajstić information content (AvgIpc) is 2.81. The van der Waals surface area contributed by atoms with Crippen molar-refractivity contribution >= 4 is 11.6 Å². The van der Waals surface area contributed by atoms with Gasteiger partial charge in [-0.2, -0.15) is 5.26 Å². The first-order chi connectivity index (χ1) is 14.7. The largest absolute Gasteiger partial charge is 0.368 e.